The van der Waals surface area contributed by atoms with Gasteiger partial charge in [0.25, 0.3) is 0 Å². The molecule has 0 bridgehead atoms. The van der Waals surface area contributed by atoms with Crippen LogP contribution in [0.3, 0.4) is 0 Å². The second-order valence-corrected chi connectivity index (χ2v) is 20.9. The molecule has 2 aliphatic carbocycles. The molecule has 0 amide bonds. The molecule has 0 N–H and O–H groups in total. The molecule has 0 fully saturated rings. The van der Waals surface area contributed by atoms with E-state index in [9.17, 15) is 19.0 Å². The Kier molecular flexibility index (Phi) is 15.0. The van der Waals surface area contributed by atoms with Gasteiger partial charge in [-0.2, -0.15) is 34.7 Å². The zero-order chi connectivity index (χ0) is 34.5. The van der Waals surface area contributed by atoms with Crippen LogP contribution in [0, 0.1) is 11.6 Å². The molecule has 0 saturated heterocycles. The predicted octanol–water partition coefficient (Wildman–Crippen LogP) is 5.02. The zero-order valence-corrected chi connectivity index (χ0v) is 30.8. The summed E-state index contributed by atoms with van der Waals surface area (Å²) in [5.74, 6) is -0.569. The normalized spacial score (nSPS) is 17.6. The molecule has 46 heavy (non-hydrogen) atoms. The van der Waals surface area contributed by atoms with Crippen LogP contribution in [-0.4, -0.2) is 5.43 Å². The first-order valence-corrected chi connectivity index (χ1v) is 20.9. The van der Waals surface area contributed by atoms with E-state index in [2.05, 4.69) is 88.7 Å². The molecular formula is C40H40F2O2SiZr-2. The second-order valence-electron chi connectivity index (χ2n) is 11.5. The summed E-state index contributed by atoms with van der Waals surface area (Å²) in [5.41, 5.74) is 1.84. The predicted molar refractivity (Wildman–Crippen MR) is 182 cm³/mol. The summed E-state index contributed by atoms with van der Waals surface area (Å²) in [5, 5.41) is 23.3. The fourth-order valence-corrected chi connectivity index (χ4v) is 4.63. The molecule has 0 aromatic heterocycles. The topological polar surface area (TPSA) is 46.1 Å². The molecule has 236 valence electrons. The Morgan fingerprint density at radius 1 is 0.630 bits per heavy atom. The van der Waals surface area contributed by atoms with Gasteiger partial charge in [-0.3, -0.25) is 0 Å². The first-order valence-electron chi connectivity index (χ1n) is 14.7. The third kappa shape index (κ3) is 12.7. The number of hydrogen-bond donors (Lipinski definition) is 0. The maximum absolute atomic E-state index is 12.9. The molecule has 2 aliphatic rings. The van der Waals surface area contributed by atoms with E-state index in [0.29, 0.717) is 0 Å². The third-order valence-electron chi connectivity index (χ3n) is 6.49. The van der Waals surface area contributed by atoms with E-state index >= 15 is 0 Å². The van der Waals surface area contributed by atoms with Crippen molar-refractivity contribution in [3.63, 3.8) is 0 Å². The molecule has 2 atom stereocenters. The fraction of sp³-hybridized carbons (Fsp3) is 0.200. The van der Waals surface area contributed by atoms with Crippen LogP contribution >= 0.6 is 0 Å². The van der Waals surface area contributed by atoms with E-state index in [0.717, 1.165) is 21.6 Å². The zero-order valence-electron chi connectivity index (χ0n) is 27.4. The minimum atomic E-state index is -0.253. The van der Waals surface area contributed by atoms with Crippen molar-refractivity contribution >= 4 is 29.7 Å². The van der Waals surface area contributed by atoms with E-state index in [1.807, 2.05) is 48.5 Å². The second kappa shape index (κ2) is 17.9. The molecule has 0 aliphatic heterocycles. The Balaban J connectivity index is 0.000000239. The first kappa shape index (κ1) is 38.6. The van der Waals surface area contributed by atoms with Gasteiger partial charge in [-0.25, -0.2) is 8.78 Å². The van der Waals surface area contributed by atoms with Crippen LogP contribution in [-0.2, 0) is 34.2 Å². The average molecular weight is 710 g/mol. The number of fused-ring (bicyclic) bond motifs is 2. The molecule has 4 aromatic carbocycles. The molecular weight excluding hydrogens is 670 g/mol. The number of hydrogen-bond acceptors (Lipinski definition) is 2. The first-order chi connectivity index (χ1) is 21.5. The number of rotatable bonds is 2. The summed E-state index contributed by atoms with van der Waals surface area (Å²) in [7, 11) is 0. The van der Waals surface area contributed by atoms with Gasteiger partial charge < -0.3 is 10.2 Å². The van der Waals surface area contributed by atoms with Crippen molar-refractivity contribution in [1.29, 1.82) is 0 Å². The quantitative estimate of drug-likeness (QED) is 0.167. The maximum atomic E-state index is 12.9. The van der Waals surface area contributed by atoms with Gasteiger partial charge in [0.15, 0.2) is 0 Å². The Labute approximate surface area is 287 Å². The van der Waals surface area contributed by atoms with Crippen molar-refractivity contribution in [3.05, 3.63) is 165 Å². The van der Waals surface area contributed by atoms with E-state index < -0.39 is 0 Å². The van der Waals surface area contributed by atoms with Crippen molar-refractivity contribution in [3.8, 4) is 0 Å². The standard InChI is InChI=1S/2C16H12F.2C3H6O.C2H6Si.Zr/c2*1-16(14-6-8-15(17)9-7-14)10-12-4-2-3-5-13(12)11-16;2*1-3(2)4;1-3-2;/h2*2-10H,1H3;2*4H,1H2,2H3;1-2H3;/q2*-1;;;;+2/p-2. The van der Waals surface area contributed by atoms with Gasteiger partial charge in [-0.05, 0) is 46.2 Å². The van der Waals surface area contributed by atoms with Crippen LogP contribution < -0.4 is 31.1 Å². The molecule has 0 spiro atoms. The molecule has 2 unspecified atom stereocenters. The SMILES string of the molecule is C=C(C)[O-].C=C(C)[O-].CC1(c2ccc(F)cc2)[C-]=c2ccccc2=C1.CC1(c2ccc(F)cc2)[C-]=c2ccccc2=C1.C[Si](C)=[Zr+2]. The summed E-state index contributed by atoms with van der Waals surface area (Å²) in [6.07, 6.45) is 11.3. The molecule has 6 heteroatoms. The molecule has 0 heterocycles. The Morgan fingerprint density at radius 2 is 0.891 bits per heavy atom. The number of benzene rings is 4. The van der Waals surface area contributed by atoms with Crippen LogP contribution in [0.1, 0.15) is 38.8 Å². The fourth-order valence-electron chi connectivity index (χ4n) is 4.63. The van der Waals surface area contributed by atoms with Gasteiger partial charge in [0, 0.05) is 0 Å². The molecule has 2 nitrogen and oxygen atoms in total. The molecule has 0 radical (unpaired) electrons. The van der Waals surface area contributed by atoms with Crippen molar-refractivity contribution in [2.45, 2.75) is 51.6 Å². The van der Waals surface area contributed by atoms with Gasteiger partial charge in [0.1, 0.15) is 11.6 Å². The molecule has 0 saturated carbocycles. The van der Waals surface area contributed by atoms with E-state index in [1.165, 1.54) is 48.6 Å². The van der Waals surface area contributed by atoms with Gasteiger partial charge in [-0.1, -0.05) is 64.1 Å². The minimum absolute atomic E-state index is 0.0833. The summed E-state index contributed by atoms with van der Waals surface area (Å²) in [6.45, 7) is 17.6. The Bertz CT molecular complexity index is 1660. The molecule has 4 aromatic rings. The summed E-state index contributed by atoms with van der Waals surface area (Å²) >= 11 is 1.74. The van der Waals surface area contributed by atoms with Gasteiger partial charge in [0.05, 0.1) is 0 Å². The number of allylic oxidation sites excluding steroid dienone is 2. The summed E-state index contributed by atoms with van der Waals surface area (Å²) in [6, 6.07) is 29.6. The van der Waals surface area contributed by atoms with Gasteiger partial charge >= 0.3 is 41.9 Å². The van der Waals surface area contributed by atoms with Crippen LogP contribution in [0.5, 0.6) is 0 Å². The van der Waals surface area contributed by atoms with E-state index in [-0.39, 0.29) is 39.4 Å². The summed E-state index contributed by atoms with van der Waals surface area (Å²) in [4.78, 5) is 0. The Morgan fingerprint density at radius 3 is 1.15 bits per heavy atom. The van der Waals surface area contributed by atoms with Gasteiger partial charge in [0.2, 0.25) is 0 Å². The Hall–Kier alpha value is -3.60. The summed E-state index contributed by atoms with van der Waals surface area (Å²) < 4.78 is 25.9. The van der Waals surface area contributed by atoms with Crippen molar-refractivity contribution < 1.29 is 42.3 Å². The molecule has 6 rings (SSSR count). The van der Waals surface area contributed by atoms with Crippen molar-refractivity contribution in [1.82, 2.24) is 0 Å². The average Bonchev–Trinajstić information content (AvgIpc) is 3.50. The van der Waals surface area contributed by atoms with Crippen LogP contribution in [0.15, 0.2) is 122 Å². The van der Waals surface area contributed by atoms with Gasteiger partial charge in [-0.15, -0.1) is 71.5 Å². The van der Waals surface area contributed by atoms with E-state index in [4.69, 9.17) is 0 Å². The van der Waals surface area contributed by atoms with Crippen LogP contribution in [0.4, 0.5) is 8.78 Å². The number of halogens is 2. The van der Waals surface area contributed by atoms with Crippen LogP contribution in [0.2, 0.25) is 13.1 Å². The van der Waals surface area contributed by atoms with Crippen molar-refractivity contribution in [2.24, 2.45) is 0 Å². The van der Waals surface area contributed by atoms with E-state index in [1.54, 1.807) is 23.3 Å². The monoisotopic (exact) mass is 708 g/mol. The van der Waals surface area contributed by atoms with Crippen LogP contribution in [0.25, 0.3) is 24.3 Å². The third-order valence-corrected chi connectivity index (χ3v) is 6.49. The van der Waals surface area contributed by atoms with Crippen molar-refractivity contribution in [2.75, 3.05) is 0 Å².